The van der Waals surface area contributed by atoms with Crippen molar-refractivity contribution >= 4 is 57.5 Å². The third-order valence-electron chi connectivity index (χ3n) is 7.81. The molecule has 0 unspecified atom stereocenters. The summed E-state index contributed by atoms with van der Waals surface area (Å²) < 4.78 is 5.67. The van der Waals surface area contributed by atoms with E-state index in [1.165, 1.54) is 5.57 Å². The van der Waals surface area contributed by atoms with Gasteiger partial charge in [0.05, 0.1) is 36.1 Å². The van der Waals surface area contributed by atoms with E-state index in [-0.39, 0.29) is 23.5 Å². The molecule has 3 heterocycles. The average Bonchev–Trinajstić information content (AvgIpc) is 3.28. The Morgan fingerprint density at radius 3 is 2.67 bits per heavy atom. The van der Waals surface area contributed by atoms with Crippen LogP contribution in [0.1, 0.15) is 63.0 Å². The lowest BCUT2D eigenvalue weighted by Crippen LogP contribution is -2.42. The van der Waals surface area contributed by atoms with E-state index in [2.05, 4.69) is 71.4 Å². The quantitative estimate of drug-likeness (QED) is 0.310. The summed E-state index contributed by atoms with van der Waals surface area (Å²) in [5.74, 6) is 0.455. The highest BCUT2D eigenvalue weighted by Crippen LogP contribution is 2.48. The number of allylic oxidation sites excluding steroid dienone is 1. The number of amides is 1. The van der Waals surface area contributed by atoms with Crippen molar-refractivity contribution in [3.8, 4) is 5.75 Å². The fraction of sp³-hybridized carbons (Fsp3) is 0.323. The molecular formula is C31H34ClN5O2S. The van der Waals surface area contributed by atoms with Gasteiger partial charge in [-0.15, -0.1) is 0 Å². The van der Waals surface area contributed by atoms with Crippen LogP contribution < -0.4 is 25.2 Å². The molecule has 40 heavy (non-hydrogen) atoms. The number of benzene rings is 2. The van der Waals surface area contributed by atoms with Gasteiger partial charge in [0.1, 0.15) is 5.75 Å². The molecule has 2 atom stereocenters. The van der Waals surface area contributed by atoms with E-state index >= 15 is 0 Å². The minimum absolute atomic E-state index is 0.0880. The van der Waals surface area contributed by atoms with Gasteiger partial charge in [-0.3, -0.25) is 9.78 Å². The van der Waals surface area contributed by atoms with Crippen LogP contribution >= 0.6 is 23.8 Å². The number of ether oxygens (including phenoxy) is 1. The normalized spacial score (nSPS) is 19.6. The van der Waals surface area contributed by atoms with Crippen LogP contribution in [0.15, 0.2) is 60.8 Å². The highest BCUT2D eigenvalue weighted by molar-refractivity contribution is 7.80. The van der Waals surface area contributed by atoms with Crippen molar-refractivity contribution < 1.29 is 9.53 Å². The number of thiocarbonyl (C=S) groups is 1. The van der Waals surface area contributed by atoms with Crippen LogP contribution in [0.4, 0.5) is 17.1 Å². The fourth-order valence-corrected chi connectivity index (χ4v) is 6.15. The first-order valence-electron chi connectivity index (χ1n) is 13.3. The second-order valence-corrected chi connectivity index (χ2v) is 11.5. The van der Waals surface area contributed by atoms with E-state index in [0.29, 0.717) is 28.0 Å². The number of hydrogen-bond donors (Lipinski definition) is 2. The van der Waals surface area contributed by atoms with E-state index in [0.717, 1.165) is 28.2 Å². The Labute approximate surface area is 246 Å². The zero-order valence-electron chi connectivity index (χ0n) is 23.6. The SMILES string of the molecule is CCC(=O)Nc1ccc(N2C(=S)N[C@@H](c3ccccn3)[C@H]2c2cc3c(cc2Cl)N(C)C(C)(C)C=C3C)cc1OC. The lowest BCUT2D eigenvalue weighted by Gasteiger charge is -2.41. The largest absolute Gasteiger partial charge is 0.494 e. The standard InChI is InChI=1S/C31H34ClN5O2S/c1-7-27(38)34-23-12-11-19(14-26(23)39-6)37-29(28(35-30(37)40)24-10-8-9-13-33-24)21-15-20-18(2)17-31(3,4)36(5)25(20)16-22(21)32/h8-17,28-29H,7H2,1-6H3,(H,34,38)(H,35,40)/t28-,29+/m0/s1. The first-order chi connectivity index (χ1) is 19.1. The summed E-state index contributed by atoms with van der Waals surface area (Å²) >= 11 is 13.0. The van der Waals surface area contributed by atoms with Gasteiger partial charge in [0.2, 0.25) is 5.91 Å². The number of likely N-dealkylation sites (N-methyl/N-ethyl adjacent to an activating group) is 1. The molecule has 2 aliphatic heterocycles. The van der Waals surface area contributed by atoms with Gasteiger partial charge in [0.25, 0.3) is 0 Å². The van der Waals surface area contributed by atoms with Crippen LogP contribution in [-0.4, -0.2) is 35.7 Å². The minimum Gasteiger partial charge on any atom is -0.494 e. The molecule has 1 saturated heterocycles. The van der Waals surface area contributed by atoms with E-state index in [1.807, 2.05) is 43.3 Å². The van der Waals surface area contributed by atoms with Crippen LogP contribution in [0.2, 0.25) is 5.02 Å². The lowest BCUT2D eigenvalue weighted by atomic mass is 9.86. The molecule has 9 heteroatoms. The summed E-state index contributed by atoms with van der Waals surface area (Å²) in [5.41, 5.74) is 6.50. The predicted molar refractivity (Wildman–Crippen MR) is 167 cm³/mol. The highest BCUT2D eigenvalue weighted by Gasteiger charge is 2.43. The maximum Gasteiger partial charge on any atom is 0.224 e. The van der Waals surface area contributed by atoms with Crippen molar-refractivity contribution in [3.05, 3.63) is 82.6 Å². The molecule has 2 aliphatic rings. The van der Waals surface area contributed by atoms with Crippen molar-refractivity contribution in [2.45, 2.75) is 51.7 Å². The van der Waals surface area contributed by atoms with Crippen LogP contribution in [0.5, 0.6) is 5.75 Å². The van der Waals surface area contributed by atoms with Gasteiger partial charge in [-0.1, -0.05) is 30.7 Å². The third kappa shape index (κ3) is 4.90. The Bertz CT molecular complexity index is 1510. The second kappa shape index (κ2) is 10.7. The minimum atomic E-state index is -0.297. The Balaban J connectivity index is 1.67. The number of halogens is 1. The van der Waals surface area contributed by atoms with Gasteiger partial charge < -0.3 is 25.2 Å². The Hall–Kier alpha value is -3.62. The molecule has 0 bridgehead atoms. The first kappa shape index (κ1) is 27.9. The van der Waals surface area contributed by atoms with Crippen LogP contribution in [-0.2, 0) is 4.79 Å². The van der Waals surface area contributed by atoms with E-state index in [4.69, 9.17) is 28.6 Å². The second-order valence-electron chi connectivity index (χ2n) is 10.7. The molecule has 0 aliphatic carbocycles. The van der Waals surface area contributed by atoms with Crippen LogP contribution in [0.3, 0.4) is 0 Å². The Morgan fingerprint density at radius 2 is 2.00 bits per heavy atom. The molecule has 2 aromatic carbocycles. The number of aromatic nitrogens is 1. The molecule has 1 aromatic heterocycles. The first-order valence-corrected chi connectivity index (χ1v) is 14.1. The fourth-order valence-electron chi connectivity index (χ4n) is 5.54. The number of methoxy groups -OCH3 is 1. The topological polar surface area (TPSA) is 69.7 Å². The number of nitrogens with one attached hydrogen (secondary N) is 2. The van der Waals surface area contributed by atoms with Crippen molar-refractivity contribution in [2.75, 3.05) is 29.3 Å². The van der Waals surface area contributed by atoms with E-state index in [1.54, 1.807) is 13.3 Å². The monoisotopic (exact) mass is 575 g/mol. The summed E-state index contributed by atoms with van der Waals surface area (Å²) in [4.78, 5) is 21.1. The third-order valence-corrected chi connectivity index (χ3v) is 8.45. The molecule has 1 fully saturated rings. The number of rotatable bonds is 6. The van der Waals surface area contributed by atoms with Gasteiger partial charge in [-0.2, -0.15) is 0 Å². The van der Waals surface area contributed by atoms with Crippen molar-refractivity contribution in [2.24, 2.45) is 0 Å². The van der Waals surface area contributed by atoms with Gasteiger partial charge in [-0.25, -0.2) is 0 Å². The summed E-state index contributed by atoms with van der Waals surface area (Å²) in [7, 11) is 3.68. The predicted octanol–water partition coefficient (Wildman–Crippen LogP) is 6.90. The summed E-state index contributed by atoms with van der Waals surface area (Å²) in [6.07, 6.45) is 4.44. The Kier molecular flexibility index (Phi) is 7.50. The molecule has 7 nitrogen and oxygen atoms in total. The maximum atomic E-state index is 12.1. The molecular weight excluding hydrogens is 542 g/mol. The van der Waals surface area contributed by atoms with Crippen LogP contribution in [0.25, 0.3) is 5.57 Å². The molecule has 0 spiro atoms. The zero-order chi connectivity index (χ0) is 28.8. The Morgan fingerprint density at radius 1 is 1.23 bits per heavy atom. The molecule has 3 aromatic rings. The summed E-state index contributed by atoms with van der Waals surface area (Å²) in [6.45, 7) is 8.34. The highest BCUT2D eigenvalue weighted by atomic mass is 35.5. The molecule has 1 amide bonds. The average molecular weight is 576 g/mol. The van der Waals surface area contributed by atoms with Crippen molar-refractivity contribution in [1.29, 1.82) is 0 Å². The number of fused-ring (bicyclic) bond motifs is 1. The van der Waals surface area contributed by atoms with Crippen LogP contribution in [0, 0.1) is 0 Å². The van der Waals surface area contributed by atoms with E-state index < -0.39 is 0 Å². The van der Waals surface area contributed by atoms with Gasteiger partial charge in [-0.05, 0) is 80.5 Å². The number of hydrogen-bond acceptors (Lipinski definition) is 5. The molecule has 0 saturated carbocycles. The molecule has 5 rings (SSSR count). The van der Waals surface area contributed by atoms with Gasteiger partial charge in [0, 0.05) is 47.7 Å². The number of nitrogens with zero attached hydrogens (tertiary/aromatic N) is 3. The maximum absolute atomic E-state index is 12.1. The number of pyridine rings is 1. The molecule has 0 radical (unpaired) electrons. The lowest BCUT2D eigenvalue weighted by molar-refractivity contribution is -0.115. The molecule has 2 N–H and O–H groups in total. The summed E-state index contributed by atoms with van der Waals surface area (Å²) in [5, 5.41) is 7.60. The number of carbonyl (C=O) groups is 1. The van der Waals surface area contributed by atoms with E-state index in [9.17, 15) is 4.79 Å². The zero-order valence-corrected chi connectivity index (χ0v) is 25.2. The number of carbonyl (C=O) groups excluding carboxylic acids is 1. The van der Waals surface area contributed by atoms with Crippen molar-refractivity contribution in [1.82, 2.24) is 10.3 Å². The summed E-state index contributed by atoms with van der Waals surface area (Å²) in [6, 6.07) is 15.2. The van der Waals surface area contributed by atoms with Crippen molar-refractivity contribution in [3.63, 3.8) is 0 Å². The molecule has 208 valence electrons. The van der Waals surface area contributed by atoms with Gasteiger partial charge in [0.15, 0.2) is 5.11 Å². The number of anilines is 3. The van der Waals surface area contributed by atoms with Gasteiger partial charge >= 0.3 is 0 Å². The smallest absolute Gasteiger partial charge is 0.224 e.